The average molecular weight is 402 g/mol. The molecule has 1 aliphatic heterocycles. The zero-order chi connectivity index (χ0) is 21.2. The number of halogens is 1. The summed E-state index contributed by atoms with van der Waals surface area (Å²) in [5, 5.41) is 21.6. The van der Waals surface area contributed by atoms with Crippen molar-refractivity contribution in [3.63, 3.8) is 0 Å². The van der Waals surface area contributed by atoms with E-state index >= 15 is 0 Å². The lowest BCUT2D eigenvalue weighted by Gasteiger charge is -2.46. The van der Waals surface area contributed by atoms with E-state index in [9.17, 15) is 14.5 Å². The van der Waals surface area contributed by atoms with Gasteiger partial charge in [-0.25, -0.2) is 14.4 Å². The van der Waals surface area contributed by atoms with Crippen molar-refractivity contribution >= 4 is 17.3 Å². The number of nitrogens with one attached hydrogen (secondary N) is 3. The normalized spacial score (nSPS) is 18.2. The van der Waals surface area contributed by atoms with Gasteiger partial charge in [0.15, 0.2) is 0 Å². The highest BCUT2D eigenvalue weighted by Crippen LogP contribution is 2.34. The largest absolute Gasteiger partial charge is 0.361 e. The standard InChI is InChI=1S/C20H27FN6O2/c1-19(2)9-15(10-20(3,4)26-19)25-18-16(27(28)29)17(23-12-24-18)22-11-13-5-7-14(21)8-6-13/h5-8,12,15,26H,9-11H2,1-4H3,(H2,22,23,24,25). The molecule has 156 valence electrons. The molecule has 0 amide bonds. The Kier molecular flexibility index (Phi) is 5.70. The minimum atomic E-state index is -0.479. The Labute approximate surface area is 169 Å². The van der Waals surface area contributed by atoms with Gasteiger partial charge in [-0.2, -0.15) is 0 Å². The van der Waals surface area contributed by atoms with Gasteiger partial charge in [0.25, 0.3) is 0 Å². The van der Waals surface area contributed by atoms with Crippen LogP contribution in [0.2, 0.25) is 0 Å². The number of benzene rings is 1. The molecule has 0 unspecified atom stereocenters. The molecule has 2 aromatic rings. The lowest BCUT2D eigenvalue weighted by molar-refractivity contribution is -0.383. The Balaban J connectivity index is 1.81. The quantitative estimate of drug-likeness (QED) is 0.498. The number of aromatic nitrogens is 2. The van der Waals surface area contributed by atoms with E-state index in [-0.39, 0.29) is 46.8 Å². The topological polar surface area (TPSA) is 105 Å². The van der Waals surface area contributed by atoms with Gasteiger partial charge in [-0.05, 0) is 58.2 Å². The molecule has 0 aliphatic carbocycles. The van der Waals surface area contributed by atoms with Crippen LogP contribution in [-0.2, 0) is 6.54 Å². The lowest BCUT2D eigenvalue weighted by Crippen LogP contribution is -2.60. The van der Waals surface area contributed by atoms with Crippen molar-refractivity contribution in [2.75, 3.05) is 10.6 Å². The van der Waals surface area contributed by atoms with Crippen LogP contribution in [-0.4, -0.2) is 32.0 Å². The van der Waals surface area contributed by atoms with Gasteiger partial charge < -0.3 is 16.0 Å². The molecule has 0 bridgehead atoms. The van der Waals surface area contributed by atoms with E-state index in [2.05, 4.69) is 53.6 Å². The van der Waals surface area contributed by atoms with Gasteiger partial charge in [0.05, 0.1) is 4.92 Å². The smallest absolute Gasteiger partial charge is 0.353 e. The number of nitrogens with zero attached hydrogens (tertiary/aromatic N) is 3. The minimum absolute atomic E-state index is 0.0276. The SMILES string of the molecule is CC1(C)CC(Nc2ncnc(NCc3ccc(F)cc3)c2[N+](=O)[O-])CC(C)(C)N1. The third-order valence-electron chi connectivity index (χ3n) is 4.91. The van der Waals surface area contributed by atoms with Crippen LogP contribution >= 0.6 is 0 Å². The molecule has 0 atom stereocenters. The molecule has 2 heterocycles. The summed E-state index contributed by atoms with van der Waals surface area (Å²) in [5.41, 5.74) is 0.384. The van der Waals surface area contributed by atoms with Crippen molar-refractivity contribution in [3.05, 3.63) is 52.1 Å². The number of anilines is 2. The maximum absolute atomic E-state index is 13.1. The number of hydrogen-bond donors (Lipinski definition) is 3. The van der Waals surface area contributed by atoms with E-state index in [1.54, 1.807) is 12.1 Å². The van der Waals surface area contributed by atoms with Gasteiger partial charge in [-0.3, -0.25) is 10.1 Å². The third-order valence-corrected chi connectivity index (χ3v) is 4.91. The van der Waals surface area contributed by atoms with E-state index in [1.165, 1.54) is 18.5 Å². The van der Waals surface area contributed by atoms with Crippen LogP contribution in [0.15, 0.2) is 30.6 Å². The Morgan fingerprint density at radius 1 is 1.14 bits per heavy atom. The first-order valence-electron chi connectivity index (χ1n) is 9.58. The number of rotatable bonds is 6. The fourth-order valence-corrected chi connectivity index (χ4v) is 4.19. The fourth-order valence-electron chi connectivity index (χ4n) is 4.19. The molecule has 1 aliphatic rings. The first-order valence-corrected chi connectivity index (χ1v) is 9.58. The molecular formula is C20H27FN6O2. The summed E-state index contributed by atoms with van der Waals surface area (Å²) < 4.78 is 13.1. The van der Waals surface area contributed by atoms with Gasteiger partial charge in [0, 0.05) is 23.7 Å². The van der Waals surface area contributed by atoms with Crippen LogP contribution in [0.25, 0.3) is 0 Å². The summed E-state index contributed by atoms with van der Waals surface area (Å²) in [6, 6.07) is 5.96. The monoisotopic (exact) mass is 402 g/mol. The summed E-state index contributed by atoms with van der Waals surface area (Å²) >= 11 is 0. The molecule has 3 rings (SSSR count). The summed E-state index contributed by atoms with van der Waals surface area (Å²) in [4.78, 5) is 19.5. The predicted molar refractivity (Wildman–Crippen MR) is 110 cm³/mol. The maximum Gasteiger partial charge on any atom is 0.353 e. The molecule has 1 fully saturated rings. The Hall–Kier alpha value is -2.81. The Morgan fingerprint density at radius 3 is 2.31 bits per heavy atom. The number of piperidine rings is 1. The van der Waals surface area contributed by atoms with Gasteiger partial charge >= 0.3 is 5.69 Å². The van der Waals surface area contributed by atoms with E-state index in [0.29, 0.717) is 0 Å². The van der Waals surface area contributed by atoms with Crippen molar-refractivity contribution in [2.45, 2.75) is 64.2 Å². The molecule has 1 saturated heterocycles. The molecule has 9 heteroatoms. The van der Waals surface area contributed by atoms with Crippen molar-refractivity contribution in [3.8, 4) is 0 Å². The average Bonchev–Trinajstić information content (AvgIpc) is 2.58. The van der Waals surface area contributed by atoms with Crippen molar-refractivity contribution in [2.24, 2.45) is 0 Å². The van der Waals surface area contributed by atoms with Gasteiger partial charge in [-0.15, -0.1) is 0 Å². The summed E-state index contributed by atoms with van der Waals surface area (Å²) in [6.07, 6.45) is 2.91. The third kappa shape index (κ3) is 5.38. The molecular weight excluding hydrogens is 375 g/mol. The molecule has 8 nitrogen and oxygen atoms in total. The van der Waals surface area contributed by atoms with Crippen LogP contribution in [0.5, 0.6) is 0 Å². The van der Waals surface area contributed by atoms with Crippen molar-refractivity contribution < 1.29 is 9.31 Å². The lowest BCUT2D eigenvalue weighted by atomic mass is 9.79. The van der Waals surface area contributed by atoms with Crippen LogP contribution in [0.1, 0.15) is 46.1 Å². The summed E-state index contributed by atoms with van der Waals surface area (Å²) in [7, 11) is 0. The minimum Gasteiger partial charge on any atom is -0.361 e. The van der Waals surface area contributed by atoms with Crippen molar-refractivity contribution in [1.29, 1.82) is 0 Å². The molecule has 3 N–H and O–H groups in total. The fraction of sp³-hybridized carbons (Fsp3) is 0.500. The van der Waals surface area contributed by atoms with Crippen LogP contribution < -0.4 is 16.0 Å². The van der Waals surface area contributed by atoms with Gasteiger partial charge in [0.2, 0.25) is 11.6 Å². The first kappa shape index (κ1) is 20.9. The highest BCUT2D eigenvalue weighted by Gasteiger charge is 2.38. The van der Waals surface area contributed by atoms with Crippen molar-refractivity contribution in [1.82, 2.24) is 15.3 Å². The molecule has 0 radical (unpaired) electrons. The highest BCUT2D eigenvalue weighted by molar-refractivity contribution is 5.69. The predicted octanol–water partition coefficient (Wildman–Crippen LogP) is 3.86. The van der Waals surface area contributed by atoms with Crippen LogP contribution in [0.3, 0.4) is 0 Å². The maximum atomic E-state index is 13.1. The van der Waals surface area contributed by atoms with E-state index in [1.807, 2.05) is 0 Å². The second kappa shape index (κ2) is 7.90. The van der Waals surface area contributed by atoms with E-state index in [4.69, 9.17) is 0 Å². The summed E-state index contributed by atoms with van der Waals surface area (Å²) in [6.45, 7) is 8.75. The zero-order valence-electron chi connectivity index (χ0n) is 17.1. The molecule has 0 spiro atoms. The number of hydrogen-bond acceptors (Lipinski definition) is 7. The first-order chi connectivity index (χ1) is 13.5. The van der Waals surface area contributed by atoms with Crippen LogP contribution in [0, 0.1) is 15.9 Å². The second-order valence-electron chi connectivity index (χ2n) is 8.80. The van der Waals surface area contributed by atoms with Gasteiger partial charge in [0.1, 0.15) is 12.1 Å². The highest BCUT2D eigenvalue weighted by atomic mass is 19.1. The summed E-state index contributed by atoms with van der Waals surface area (Å²) in [5.74, 6) is -0.00420. The molecule has 1 aromatic heterocycles. The molecule has 29 heavy (non-hydrogen) atoms. The van der Waals surface area contributed by atoms with E-state index < -0.39 is 4.92 Å². The van der Waals surface area contributed by atoms with Crippen LogP contribution in [0.4, 0.5) is 21.7 Å². The Bertz CT molecular complexity index is 869. The second-order valence-corrected chi connectivity index (χ2v) is 8.80. The van der Waals surface area contributed by atoms with Gasteiger partial charge in [-0.1, -0.05) is 12.1 Å². The molecule has 1 aromatic carbocycles. The van der Waals surface area contributed by atoms with E-state index in [0.717, 1.165) is 18.4 Å². The zero-order valence-corrected chi connectivity index (χ0v) is 17.1. The molecule has 0 saturated carbocycles. The Morgan fingerprint density at radius 2 is 1.72 bits per heavy atom. The number of nitro groups is 1.